The van der Waals surface area contributed by atoms with Crippen molar-refractivity contribution in [2.75, 3.05) is 20.2 Å². The van der Waals surface area contributed by atoms with Gasteiger partial charge >= 0.3 is 0 Å². The van der Waals surface area contributed by atoms with E-state index in [0.717, 1.165) is 24.0 Å². The summed E-state index contributed by atoms with van der Waals surface area (Å²) in [6, 6.07) is 14.2. The number of methoxy groups -OCH3 is 1. The van der Waals surface area contributed by atoms with Crippen LogP contribution in [0, 0.1) is 0 Å². The second-order valence-corrected chi connectivity index (χ2v) is 6.47. The average Bonchev–Trinajstić information content (AvgIpc) is 3.01. The van der Waals surface area contributed by atoms with E-state index in [1.54, 1.807) is 31.4 Å². The lowest BCUT2D eigenvalue weighted by atomic mass is 10.2. The van der Waals surface area contributed by atoms with Crippen LogP contribution in [-0.2, 0) is 6.67 Å². The van der Waals surface area contributed by atoms with Crippen LogP contribution in [0.25, 0.3) is 10.9 Å². The molecule has 0 aliphatic rings. The van der Waals surface area contributed by atoms with Crippen LogP contribution >= 0.6 is 0 Å². The molecule has 0 aliphatic carbocycles. The third-order valence-corrected chi connectivity index (χ3v) is 4.88. The normalized spacial score (nSPS) is 11.6. The Balaban J connectivity index is 1.94. The van der Waals surface area contributed by atoms with Crippen LogP contribution in [-0.4, -0.2) is 35.8 Å². The summed E-state index contributed by atoms with van der Waals surface area (Å²) < 4.78 is 6.92. The number of carbonyl (C=O) groups excluding carboxylic acids is 1. The number of nitrogens with zero attached hydrogens (tertiary/aromatic N) is 3. The Morgan fingerprint density at radius 2 is 1.79 bits per heavy atom. The Bertz CT molecular complexity index is 989. The standard InChI is InChI=1S/C21H24N4O3/c1-4-24(5-2)14-25-18-9-7-6-8-17(18)19(21(25)27)22-23-20(26)15-10-12-16(28-3)13-11-15/h6-13,27H,4-5,14H2,1-3H3/p+1. The average molecular weight is 381 g/mol. The quantitative estimate of drug-likeness (QED) is 0.617. The predicted molar refractivity (Wildman–Crippen MR) is 107 cm³/mol. The number of carbonyl (C=O) groups is 1. The van der Waals surface area contributed by atoms with Crippen LogP contribution in [0.3, 0.4) is 0 Å². The summed E-state index contributed by atoms with van der Waals surface area (Å²) in [4.78, 5) is 13.7. The van der Waals surface area contributed by atoms with Gasteiger partial charge in [-0.15, -0.1) is 10.2 Å². The molecule has 2 N–H and O–H groups in total. The minimum atomic E-state index is -0.478. The Morgan fingerprint density at radius 3 is 2.43 bits per heavy atom. The fourth-order valence-corrected chi connectivity index (χ4v) is 3.11. The third-order valence-electron chi connectivity index (χ3n) is 4.88. The fourth-order valence-electron chi connectivity index (χ4n) is 3.11. The molecule has 0 atom stereocenters. The van der Waals surface area contributed by atoms with Gasteiger partial charge in [0.15, 0.2) is 12.4 Å². The van der Waals surface area contributed by atoms with E-state index in [2.05, 4.69) is 24.1 Å². The summed E-state index contributed by atoms with van der Waals surface area (Å²) in [7, 11) is 1.56. The van der Waals surface area contributed by atoms with Crippen molar-refractivity contribution in [2.45, 2.75) is 20.5 Å². The Morgan fingerprint density at radius 1 is 1.11 bits per heavy atom. The van der Waals surface area contributed by atoms with Gasteiger partial charge in [0.2, 0.25) is 5.88 Å². The molecule has 0 saturated heterocycles. The maximum absolute atomic E-state index is 12.3. The van der Waals surface area contributed by atoms with Crippen molar-refractivity contribution in [3.8, 4) is 11.6 Å². The molecule has 2 aromatic carbocycles. The molecule has 3 rings (SSSR count). The van der Waals surface area contributed by atoms with Crippen molar-refractivity contribution >= 4 is 22.5 Å². The van der Waals surface area contributed by atoms with Gasteiger partial charge in [0.1, 0.15) is 5.75 Å². The predicted octanol–water partition coefficient (Wildman–Crippen LogP) is 3.16. The molecule has 1 heterocycles. The first-order valence-corrected chi connectivity index (χ1v) is 9.32. The van der Waals surface area contributed by atoms with E-state index in [4.69, 9.17) is 4.74 Å². The van der Waals surface area contributed by atoms with Gasteiger partial charge in [0.05, 0.1) is 25.7 Å². The Kier molecular flexibility index (Phi) is 6.06. The zero-order chi connectivity index (χ0) is 20.1. The molecular weight excluding hydrogens is 356 g/mol. The van der Waals surface area contributed by atoms with Gasteiger partial charge in [-0.1, -0.05) is 18.2 Å². The summed E-state index contributed by atoms with van der Waals surface area (Å²) in [6.07, 6.45) is 0. The van der Waals surface area contributed by atoms with Crippen molar-refractivity contribution in [3.05, 3.63) is 54.1 Å². The molecule has 3 aromatic rings. The first kappa shape index (κ1) is 19.6. The molecule has 0 spiro atoms. The first-order chi connectivity index (χ1) is 13.6. The number of fused-ring (bicyclic) bond motifs is 1. The second kappa shape index (κ2) is 8.67. The number of aromatic nitrogens is 1. The van der Waals surface area contributed by atoms with Crippen molar-refractivity contribution in [2.24, 2.45) is 10.2 Å². The van der Waals surface area contributed by atoms with Gasteiger partial charge in [-0.25, -0.2) is 0 Å². The smallest absolute Gasteiger partial charge is 0.295 e. The fraction of sp³-hybridized carbons (Fsp3) is 0.286. The van der Waals surface area contributed by atoms with E-state index in [0.29, 0.717) is 23.7 Å². The molecule has 0 unspecified atom stereocenters. The van der Waals surface area contributed by atoms with Crippen LogP contribution in [0.1, 0.15) is 24.2 Å². The molecular formula is C21H25N4O3+. The Hall–Kier alpha value is -3.19. The summed E-state index contributed by atoms with van der Waals surface area (Å²) in [6.45, 7) is 6.71. The zero-order valence-electron chi connectivity index (χ0n) is 16.3. The number of aromatic hydroxyl groups is 1. The highest BCUT2D eigenvalue weighted by Crippen LogP contribution is 2.38. The summed E-state index contributed by atoms with van der Waals surface area (Å²) in [5, 5.41) is 19.5. The van der Waals surface area contributed by atoms with E-state index < -0.39 is 5.91 Å². The van der Waals surface area contributed by atoms with Crippen LogP contribution in [0.4, 0.5) is 5.69 Å². The molecule has 0 bridgehead atoms. The van der Waals surface area contributed by atoms with Gasteiger partial charge in [-0.2, -0.15) is 0 Å². The molecule has 7 nitrogen and oxygen atoms in total. The van der Waals surface area contributed by atoms with Crippen LogP contribution < -0.4 is 9.64 Å². The monoisotopic (exact) mass is 381 g/mol. The van der Waals surface area contributed by atoms with Crippen LogP contribution in [0.5, 0.6) is 11.6 Å². The lowest BCUT2D eigenvalue weighted by Gasteiger charge is -2.17. The van der Waals surface area contributed by atoms with Crippen molar-refractivity contribution < 1.29 is 19.5 Å². The maximum Gasteiger partial charge on any atom is 0.295 e. The third kappa shape index (κ3) is 3.89. The molecule has 146 valence electrons. The van der Waals surface area contributed by atoms with E-state index >= 15 is 0 Å². The lowest BCUT2D eigenvalue weighted by molar-refractivity contribution is -0.919. The van der Waals surface area contributed by atoms with Crippen LogP contribution in [0.15, 0.2) is 58.8 Å². The molecule has 0 saturated carbocycles. The topological polar surface area (TPSA) is 80.6 Å². The molecule has 0 fully saturated rings. The van der Waals surface area contributed by atoms with Gasteiger partial charge in [-0.3, -0.25) is 9.36 Å². The number of hydrogen-bond donors (Lipinski definition) is 2. The molecule has 0 radical (unpaired) electrons. The first-order valence-electron chi connectivity index (χ1n) is 9.32. The maximum atomic E-state index is 12.3. The van der Waals surface area contributed by atoms with Crippen molar-refractivity contribution in [3.63, 3.8) is 0 Å². The lowest BCUT2D eigenvalue weighted by Crippen LogP contribution is -3.10. The van der Waals surface area contributed by atoms with E-state index in [1.807, 2.05) is 28.8 Å². The van der Waals surface area contributed by atoms with E-state index in [1.165, 1.54) is 4.90 Å². The molecule has 28 heavy (non-hydrogen) atoms. The largest absolute Gasteiger partial charge is 0.497 e. The molecule has 7 heteroatoms. The second-order valence-electron chi connectivity index (χ2n) is 6.47. The number of para-hydroxylation sites is 1. The van der Waals surface area contributed by atoms with E-state index in [9.17, 15) is 9.90 Å². The summed E-state index contributed by atoms with van der Waals surface area (Å²) in [5.41, 5.74) is 1.58. The minimum absolute atomic E-state index is 0.0203. The SMILES string of the molecule is CC[NH+](CC)Cn1c(O)c(N=NC(=O)c2ccc(OC)cc2)c2ccccc21. The number of azo groups is 1. The highest BCUT2D eigenvalue weighted by molar-refractivity contribution is 5.97. The minimum Gasteiger partial charge on any atom is -0.497 e. The number of amides is 1. The van der Waals surface area contributed by atoms with Gasteiger partial charge < -0.3 is 14.7 Å². The molecule has 1 amide bonds. The van der Waals surface area contributed by atoms with Gasteiger partial charge in [-0.05, 0) is 44.2 Å². The number of benzene rings is 2. The summed E-state index contributed by atoms with van der Waals surface area (Å²) in [5.74, 6) is 0.202. The van der Waals surface area contributed by atoms with Gasteiger partial charge in [0.25, 0.3) is 5.91 Å². The number of quaternary nitrogens is 1. The van der Waals surface area contributed by atoms with Crippen molar-refractivity contribution in [1.29, 1.82) is 0 Å². The van der Waals surface area contributed by atoms with Crippen molar-refractivity contribution in [1.82, 2.24) is 4.57 Å². The highest BCUT2D eigenvalue weighted by atomic mass is 16.5. The van der Waals surface area contributed by atoms with E-state index in [-0.39, 0.29) is 5.88 Å². The molecule has 1 aromatic heterocycles. The number of nitrogens with one attached hydrogen (secondary N) is 1. The molecule has 0 aliphatic heterocycles. The van der Waals surface area contributed by atoms with Crippen LogP contribution in [0.2, 0.25) is 0 Å². The van der Waals surface area contributed by atoms with Gasteiger partial charge in [0, 0.05) is 10.9 Å². The number of hydrogen-bond acceptors (Lipinski definition) is 4. The zero-order valence-corrected chi connectivity index (χ0v) is 16.3. The Labute approximate surface area is 163 Å². The number of rotatable bonds is 7. The summed E-state index contributed by atoms with van der Waals surface area (Å²) >= 11 is 0. The highest BCUT2D eigenvalue weighted by Gasteiger charge is 2.19. The number of ether oxygens (including phenoxy) is 1.